The smallest absolute Gasteiger partial charge is 0.303 e. The van der Waals surface area contributed by atoms with Gasteiger partial charge in [-0.1, -0.05) is 12.2 Å². The van der Waals surface area contributed by atoms with Crippen molar-refractivity contribution in [3.63, 3.8) is 0 Å². The summed E-state index contributed by atoms with van der Waals surface area (Å²) in [6.45, 7) is -0.461. The van der Waals surface area contributed by atoms with E-state index in [1.807, 2.05) is 0 Å². The molecule has 0 unspecified atom stereocenters. The molecule has 0 amide bonds. The first-order valence-electron chi connectivity index (χ1n) is 3.76. The van der Waals surface area contributed by atoms with Crippen LogP contribution in [0.2, 0.25) is 0 Å². The number of hydrogen-bond acceptors (Lipinski definition) is 4. The van der Waals surface area contributed by atoms with Gasteiger partial charge in [-0.3, -0.25) is 9.05 Å². The van der Waals surface area contributed by atoms with Gasteiger partial charge in [0.25, 0.3) is 0 Å². The molecule has 0 saturated heterocycles. The lowest BCUT2D eigenvalue weighted by Gasteiger charge is -2.02. The maximum atomic E-state index is 10.2. The third-order valence-electron chi connectivity index (χ3n) is 1.05. The van der Waals surface area contributed by atoms with Crippen molar-refractivity contribution >= 4 is 15.6 Å². The summed E-state index contributed by atoms with van der Waals surface area (Å²) < 4.78 is 28.5. The van der Waals surface area contributed by atoms with Gasteiger partial charge in [0.1, 0.15) is 0 Å². The summed E-state index contributed by atoms with van der Waals surface area (Å²) in [7, 11) is -8.89. The fourth-order valence-electron chi connectivity index (χ4n) is 0.566. The zero-order chi connectivity index (χ0) is 11.9. The molecule has 0 fully saturated rings. The third kappa shape index (κ3) is 14.0. The predicted octanol–water partition coefficient (Wildman–Crippen LogP) is 0.151. The summed E-state index contributed by atoms with van der Waals surface area (Å²) in [5.74, 6) is 0. The van der Waals surface area contributed by atoms with E-state index < -0.39 is 15.6 Å². The van der Waals surface area contributed by atoms with Crippen LogP contribution in [0.15, 0.2) is 12.2 Å². The summed E-state index contributed by atoms with van der Waals surface area (Å²) in [5.41, 5.74) is 0. The fourth-order valence-corrected chi connectivity index (χ4v) is 1.19. The van der Waals surface area contributed by atoms with Gasteiger partial charge in [0, 0.05) is 0 Å². The number of rotatable bonds is 7. The van der Waals surface area contributed by atoms with Gasteiger partial charge in [-0.25, -0.2) is 9.13 Å². The Morgan fingerprint density at radius 3 is 1.93 bits per heavy atom. The van der Waals surface area contributed by atoms with Crippen molar-refractivity contribution < 1.29 is 37.8 Å². The zero-order valence-electron chi connectivity index (χ0n) is 7.59. The Morgan fingerprint density at radius 2 is 1.47 bits per heavy atom. The summed E-state index contributed by atoms with van der Waals surface area (Å²) in [5, 5.41) is 0. The van der Waals surface area contributed by atoms with Crippen molar-refractivity contribution in [2.75, 3.05) is 13.2 Å². The molecule has 0 aromatic rings. The number of phosphoric ester groups is 2. The van der Waals surface area contributed by atoms with Gasteiger partial charge >= 0.3 is 15.6 Å². The summed E-state index contributed by atoms with van der Waals surface area (Å²) >= 11 is 0. The molecule has 0 aromatic carbocycles. The van der Waals surface area contributed by atoms with Crippen molar-refractivity contribution in [3.8, 4) is 0 Å². The molecular weight excluding hydrogens is 250 g/mol. The lowest BCUT2D eigenvalue weighted by Crippen LogP contribution is -1.91. The van der Waals surface area contributed by atoms with Gasteiger partial charge in [-0.15, -0.1) is 0 Å². The van der Waals surface area contributed by atoms with Gasteiger partial charge in [0.2, 0.25) is 0 Å². The van der Waals surface area contributed by atoms with Crippen molar-refractivity contribution in [2.45, 2.75) is 6.42 Å². The van der Waals surface area contributed by atoms with E-state index >= 15 is 0 Å². The number of phosphoric acid groups is 2. The van der Waals surface area contributed by atoms with Crippen molar-refractivity contribution in [3.05, 3.63) is 12.2 Å². The van der Waals surface area contributed by atoms with E-state index in [0.717, 1.165) is 0 Å². The van der Waals surface area contributed by atoms with Crippen LogP contribution in [-0.4, -0.2) is 32.8 Å². The Kier molecular flexibility index (Phi) is 6.51. The van der Waals surface area contributed by atoms with Crippen molar-refractivity contribution in [2.24, 2.45) is 0 Å². The molecule has 15 heavy (non-hydrogen) atoms. The van der Waals surface area contributed by atoms with Gasteiger partial charge in [-0.05, 0) is 6.42 Å². The standard InChI is InChI=1S/C5H12O8P2/c6-14(7,8)12-4-2-1-3-5-13-15(9,10)11/h1-2H,3-5H2,(H2,6,7,8)(H2,9,10,11)/b2-1+. The highest BCUT2D eigenvalue weighted by Gasteiger charge is 2.12. The van der Waals surface area contributed by atoms with Crippen molar-refractivity contribution in [1.82, 2.24) is 0 Å². The maximum absolute atomic E-state index is 10.2. The van der Waals surface area contributed by atoms with Crippen LogP contribution >= 0.6 is 15.6 Å². The number of hydrogen-bond donors (Lipinski definition) is 4. The summed E-state index contributed by atoms with van der Waals surface area (Å²) in [6, 6.07) is 0. The molecule has 0 aromatic heterocycles. The quantitative estimate of drug-likeness (QED) is 0.289. The molecule has 0 radical (unpaired) electrons. The Hall–Kier alpha value is -0.0400. The molecule has 90 valence electrons. The van der Waals surface area contributed by atoms with Gasteiger partial charge < -0.3 is 19.6 Å². The van der Waals surface area contributed by atoms with Gasteiger partial charge in [0.05, 0.1) is 13.2 Å². The average molecular weight is 262 g/mol. The minimum Gasteiger partial charge on any atom is -0.303 e. The molecule has 0 heterocycles. The Balaban J connectivity index is 3.49. The highest BCUT2D eigenvalue weighted by molar-refractivity contribution is 7.46. The van der Waals surface area contributed by atoms with Crippen LogP contribution in [0.1, 0.15) is 6.42 Å². The highest BCUT2D eigenvalue weighted by atomic mass is 31.2. The van der Waals surface area contributed by atoms with E-state index in [4.69, 9.17) is 19.6 Å². The molecule has 0 bridgehead atoms. The molecule has 0 atom stereocenters. The van der Waals surface area contributed by atoms with E-state index in [0.29, 0.717) is 0 Å². The Morgan fingerprint density at radius 1 is 0.933 bits per heavy atom. The molecule has 4 N–H and O–H groups in total. The minimum absolute atomic E-state index is 0.184. The lowest BCUT2D eigenvalue weighted by atomic mass is 10.4. The first-order valence-corrected chi connectivity index (χ1v) is 6.82. The average Bonchev–Trinajstić information content (AvgIpc) is 1.98. The molecule has 0 saturated carbocycles. The largest absolute Gasteiger partial charge is 0.469 e. The van der Waals surface area contributed by atoms with E-state index in [1.165, 1.54) is 12.2 Å². The fraction of sp³-hybridized carbons (Fsp3) is 0.600. The van der Waals surface area contributed by atoms with E-state index in [2.05, 4.69) is 9.05 Å². The Bertz CT molecular complexity index is 287. The monoisotopic (exact) mass is 262 g/mol. The van der Waals surface area contributed by atoms with Gasteiger partial charge in [-0.2, -0.15) is 0 Å². The van der Waals surface area contributed by atoms with Crippen LogP contribution in [0.4, 0.5) is 0 Å². The zero-order valence-corrected chi connectivity index (χ0v) is 9.38. The van der Waals surface area contributed by atoms with Crippen LogP contribution in [0.25, 0.3) is 0 Å². The molecule has 0 aliphatic rings. The first kappa shape index (κ1) is 15.0. The SMILES string of the molecule is O=P(O)(O)OC/C=C/CCOP(=O)(O)O. The van der Waals surface area contributed by atoms with Crippen LogP contribution in [-0.2, 0) is 18.2 Å². The molecular formula is C5H12O8P2. The van der Waals surface area contributed by atoms with Crippen LogP contribution < -0.4 is 0 Å². The topological polar surface area (TPSA) is 134 Å². The molecule has 10 heteroatoms. The Labute approximate surface area is 86.0 Å². The van der Waals surface area contributed by atoms with Crippen LogP contribution in [0.5, 0.6) is 0 Å². The predicted molar refractivity (Wildman–Crippen MR) is 49.7 cm³/mol. The summed E-state index contributed by atoms with van der Waals surface area (Å²) in [4.78, 5) is 33.0. The second kappa shape index (κ2) is 6.52. The van der Waals surface area contributed by atoms with Crippen LogP contribution in [0, 0.1) is 0 Å². The van der Waals surface area contributed by atoms with E-state index in [1.54, 1.807) is 0 Å². The second-order valence-electron chi connectivity index (χ2n) is 2.37. The van der Waals surface area contributed by atoms with Crippen molar-refractivity contribution in [1.29, 1.82) is 0 Å². The minimum atomic E-state index is -4.45. The molecule has 0 spiro atoms. The van der Waals surface area contributed by atoms with E-state index in [-0.39, 0.29) is 19.6 Å². The third-order valence-corrected chi connectivity index (χ3v) is 2.05. The molecule has 0 aliphatic carbocycles. The molecule has 8 nitrogen and oxygen atoms in total. The second-order valence-corrected chi connectivity index (χ2v) is 4.85. The summed E-state index contributed by atoms with van der Waals surface area (Å²) in [6.07, 6.45) is 2.93. The molecule has 0 aliphatic heterocycles. The normalized spacial score (nSPS) is 13.6. The first-order chi connectivity index (χ1) is 6.71. The van der Waals surface area contributed by atoms with Crippen LogP contribution in [0.3, 0.4) is 0 Å². The lowest BCUT2D eigenvalue weighted by molar-refractivity contribution is 0.200. The highest BCUT2D eigenvalue weighted by Crippen LogP contribution is 2.36. The van der Waals surface area contributed by atoms with Gasteiger partial charge in [0.15, 0.2) is 0 Å². The molecule has 0 rings (SSSR count). The maximum Gasteiger partial charge on any atom is 0.469 e. The van der Waals surface area contributed by atoms with E-state index in [9.17, 15) is 9.13 Å².